The van der Waals surface area contributed by atoms with Gasteiger partial charge in [0.15, 0.2) is 0 Å². The number of rotatable bonds is 10. The molecule has 2 aromatic rings. The van der Waals surface area contributed by atoms with E-state index in [2.05, 4.69) is 20.5 Å². The number of aryl methyl sites for hydroxylation is 1. The molecule has 0 saturated heterocycles. The minimum atomic E-state index is -2.97. The van der Waals surface area contributed by atoms with Crippen molar-refractivity contribution < 1.29 is 23.0 Å². The summed E-state index contributed by atoms with van der Waals surface area (Å²) >= 11 is 0. The zero-order valence-corrected chi connectivity index (χ0v) is 16.8. The lowest BCUT2D eigenvalue weighted by atomic mass is 10.1. The molecule has 1 aromatic heterocycles. The Balaban J connectivity index is 0.00000392. The SMILES string of the molecule is CCCOc1ccc(CNC(=O)C(NC)c2cnn(C)c2)c(OC(F)F)c1.Cl. The van der Waals surface area contributed by atoms with Crippen LogP contribution in [0.5, 0.6) is 11.5 Å². The van der Waals surface area contributed by atoms with Crippen molar-refractivity contribution in [1.29, 1.82) is 0 Å². The largest absolute Gasteiger partial charge is 0.493 e. The van der Waals surface area contributed by atoms with E-state index >= 15 is 0 Å². The Hall–Kier alpha value is -2.39. The summed E-state index contributed by atoms with van der Waals surface area (Å²) in [4.78, 5) is 12.5. The Kier molecular flexibility index (Phi) is 9.67. The van der Waals surface area contributed by atoms with Crippen molar-refractivity contribution in [1.82, 2.24) is 20.4 Å². The van der Waals surface area contributed by atoms with Gasteiger partial charge >= 0.3 is 6.61 Å². The molecule has 1 amide bonds. The minimum absolute atomic E-state index is 0. The van der Waals surface area contributed by atoms with Gasteiger partial charge in [-0.3, -0.25) is 9.48 Å². The van der Waals surface area contributed by atoms with Gasteiger partial charge < -0.3 is 20.1 Å². The molecule has 0 spiro atoms. The Labute approximate surface area is 168 Å². The highest BCUT2D eigenvalue weighted by Gasteiger charge is 2.20. The first-order valence-electron chi connectivity index (χ1n) is 8.58. The van der Waals surface area contributed by atoms with E-state index in [4.69, 9.17) is 4.74 Å². The number of likely N-dealkylation sites (N-methyl/N-ethyl adjacent to an activating group) is 1. The van der Waals surface area contributed by atoms with Crippen LogP contribution in [-0.4, -0.2) is 36.0 Å². The molecule has 0 aliphatic heterocycles. The van der Waals surface area contributed by atoms with Crippen molar-refractivity contribution in [2.75, 3.05) is 13.7 Å². The van der Waals surface area contributed by atoms with Crippen molar-refractivity contribution in [3.63, 3.8) is 0 Å². The van der Waals surface area contributed by atoms with Gasteiger partial charge in [-0.1, -0.05) is 6.92 Å². The van der Waals surface area contributed by atoms with Crippen LogP contribution in [0, 0.1) is 0 Å². The van der Waals surface area contributed by atoms with Crippen LogP contribution in [-0.2, 0) is 18.4 Å². The van der Waals surface area contributed by atoms with Gasteiger partial charge in [-0.25, -0.2) is 0 Å². The topological polar surface area (TPSA) is 77.4 Å². The first-order valence-corrected chi connectivity index (χ1v) is 8.58. The van der Waals surface area contributed by atoms with Gasteiger partial charge in [0, 0.05) is 37.0 Å². The number of alkyl halides is 2. The Morgan fingerprint density at radius 3 is 2.68 bits per heavy atom. The molecular formula is C18H25ClF2N4O3. The third-order valence-electron chi connectivity index (χ3n) is 3.79. The van der Waals surface area contributed by atoms with Crippen LogP contribution in [0.1, 0.15) is 30.5 Å². The molecule has 156 valence electrons. The number of amides is 1. The molecule has 0 saturated carbocycles. The number of hydrogen-bond donors (Lipinski definition) is 2. The van der Waals surface area contributed by atoms with E-state index in [1.54, 1.807) is 43.3 Å². The first kappa shape index (κ1) is 23.6. The fourth-order valence-corrected chi connectivity index (χ4v) is 2.52. The standard InChI is InChI=1S/C18H24F2N4O3.ClH/c1-4-7-26-14-6-5-12(15(8-14)27-18(19)20)9-22-17(25)16(21-2)13-10-23-24(3)11-13;/h5-6,8,10-11,16,18,21H,4,7,9H2,1-3H3,(H,22,25);1H. The number of carbonyl (C=O) groups excluding carboxylic acids is 1. The lowest BCUT2D eigenvalue weighted by Gasteiger charge is -2.17. The second kappa shape index (κ2) is 11.5. The van der Waals surface area contributed by atoms with E-state index in [9.17, 15) is 13.6 Å². The molecule has 28 heavy (non-hydrogen) atoms. The predicted octanol–water partition coefficient (Wildman–Crippen LogP) is 2.81. The van der Waals surface area contributed by atoms with Gasteiger partial charge in [-0.15, -0.1) is 12.4 Å². The van der Waals surface area contributed by atoms with Gasteiger partial charge in [-0.05, 0) is 25.6 Å². The molecule has 7 nitrogen and oxygen atoms in total. The molecule has 2 N–H and O–H groups in total. The van der Waals surface area contributed by atoms with Gasteiger partial charge in [0.05, 0.1) is 12.8 Å². The van der Waals surface area contributed by atoms with Crippen molar-refractivity contribution >= 4 is 18.3 Å². The maximum Gasteiger partial charge on any atom is 0.387 e. The number of nitrogens with one attached hydrogen (secondary N) is 2. The molecule has 1 unspecified atom stereocenters. The van der Waals surface area contributed by atoms with Crippen LogP contribution in [0.2, 0.25) is 0 Å². The summed E-state index contributed by atoms with van der Waals surface area (Å²) in [7, 11) is 3.41. The second-order valence-electron chi connectivity index (χ2n) is 5.88. The van der Waals surface area contributed by atoms with Crippen LogP contribution in [0.3, 0.4) is 0 Å². The van der Waals surface area contributed by atoms with Gasteiger partial charge in [0.2, 0.25) is 5.91 Å². The molecule has 1 aromatic carbocycles. The molecule has 0 bridgehead atoms. The second-order valence-corrected chi connectivity index (χ2v) is 5.88. The Morgan fingerprint density at radius 1 is 1.36 bits per heavy atom. The molecule has 10 heteroatoms. The number of nitrogens with zero attached hydrogens (tertiary/aromatic N) is 2. The molecule has 0 radical (unpaired) electrons. The highest BCUT2D eigenvalue weighted by molar-refractivity contribution is 5.85. The maximum absolute atomic E-state index is 12.7. The number of hydrogen-bond acceptors (Lipinski definition) is 5. The molecular weight excluding hydrogens is 394 g/mol. The van der Waals surface area contributed by atoms with Crippen molar-refractivity contribution in [3.05, 3.63) is 41.7 Å². The zero-order valence-electron chi connectivity index (χ0n) is 15.9. The Morgan fingerprint density at radius 2 is 2.11 bits per heavy atom. The maximum atomic E-state index is 12.7. The summed E-state index contributed by atoms with van der Waals surface area (Å²) in [5, 5.41) is 9.69. The summed E-state index contributed by atoms with van der Waals surface area (Å²) in [5.74, 6) is 0.104. The summed E-state index contributed by atoms with van der Waals surface area (Å²) in [6.07, 6.45) is 4.11. The number of aromatic nitrogens is 2. The summed E-state index contributed by atoms with van der Waals surface area (Å²) in [6, 6.07) is 4.05. The molecule has 0 aliphatic carbocycles. The molecule has 0 fully saturated rings. The quantitative estimate of drug-likeness (QED) is 0.620. The summed E-state index contributed by atoms with van der Waals surface area (Å²) in [5.41, 5.74) is 1.12. The Bertz CT molecular complexity index is 758. The average molecular weight is 419 g/mol. The van der Waals surface area contributed by atoms with E-state index in [1.165, 1.54) is 6.07 Å². The lowest BCUT2D eigenvalue weighted by molar-refractivity contribution is -0.123. The monoisotopic (exact) mass is 418 g/mol. The molecule has 2 rings (SSSR count). The number of ether oxygens (including phenoxy) is 2. The van der Waals surface area contributed by atoms with Gasteiger partial charge in [-0.2, -0.15) is 13.9 Å². The number of halogens is 3. The minimum Gasteiger partial charge on any atom is -0.493 e. The van der Waals surface area contributed by atoms with E-state index < -0.39 is 12.7 Å². The third kappa shape index (κ3) is 6.65. The number of carbonyl (C=O) groups is 1. The summed E-state index contributed by atoms with van der Waals surface area (Å²) in [6.45, 7) is -0.519. The number of benzene rings is 1. The summed E-state index contributed by atoms with van der Waals surface area (Å²) < 4.78 is 37.1. The molecule has 1 atom stereocenters. The third-order valence-corrected chi connectivity index (χ3v) is 3.79. The van der Waals surface area contributed by atoms with Crippen LogP contribution < -0.4 is 20.1 Å². The average Bonchev–Trinajstić information content (AvgIpc) is 3.05. The van der Waals surface area contributed by atoms with Crippen molar-refractivity contribution in [3.8, 4) is 11.5 Å². The van der Waals surface area contributed by atoms with Gasteiger partial charge in [0.25, 0.3) is 0 Å². The lowest BCUT2D eigenvalue weighted by Crippen LogP contribution is -2.35. The van der Waals surface area contributed by atoms with Crippen LogP contribution in [0.25, 0.3) is 0 Å². The fraction of sp³-hybridized carbons (Fsp3) is 0.444. The normalized spacial score (nSPS) is 11.6. The first-order chi connectivity index (χ1) is 12.9. The van der Waals surface area contributed by atoms with E-state index in [-0.39, 0.29) is 30.6 Å². The van der Waals surface area contributed by atoms with Crippen molar-refractivity contribution in [2.45, 2.75) is 32.5 Å². The van der Waals surface area contributed by atoms with Gasteiger partial charge in [0.1, 0.15) is 17.5 Å². The van der Waals surface area contributed by atoms with Crippen molar-refractivity contribution in [2.24, 2.45) is 7.05 Å². The highest BCUT2D eigenvalue weighted by atomic mass is 35.5. The molecule has 0 aliphatic rings. The van der Waals surface area contributed by atoms with Crippen LogP contribution in [0.4, 0.5) is 8.78 Å². The molecule has 1 heterocycles. The van der Waals surface area contributed by atoms with E-state index in [1.807, 2.05) is 6.92 Å². The smallest absolute Gasteiger partial charge is 0.387 e. The van der Waals surface area contributed by atoms with E-state index in [0.717, 1.165) is 6.42 Å². The zero-order chi connectivity index (χ0) is 19.8. The predicted molar refractivity (Wildman–Crippen MR) is 103 cm³/mol. The van der Waals surface area contributed by atoms with Crippen LogP contribution in [0.15, 0.2) is 30.6 Å². The highest BCUT2D eigenvalue weighted by Crippen LogP contribution is 2.27. The fourth-order valence-electron chi connectivity index (χ4n) is 2.52. The van der Waals surface area contributed by atoms with E-state index in [0.29, 0.717) is 23.5 Å². The van der Waals surface area contributed by atoms with Crippen LogP contribution >= 0.6 is 12.4 Å².